The van der Waals surface area contributed by atoms with Crippen molar-refractivity contribution in [3.05, 3.63) is 95.8 Å². The van der Waals surface area contributed by atoms with E-state index >= 15 is 0 Å². The van der Waals surface area contributed by atoms with Gasteiger partial charge in [0.25, 0.3) is 0 Å². The van der Waals surface area contributed by atoms with Crippen LogP contribution in [0.2, 0.25) is 0 Å². The van der Waals surface area contributed by atoms with Crippen LogP contribution in [-0.4, -0.2) is 39.6 Å². The lowest BCUT2D eigenvalue weighted by molar-refractivity contribution is -0.118. The SMILES string of the molecule is Cc1cccc(OCCNC(=O)CSc2nnc(-c3ccc(F)cc3)n2Cc2ccccc2)c1. The zero-order chi connectivity index (χ0) is 23.8. The first kappa shape index (κ1) is 23.5. The van der Waals surface area contributed by atoms with E-state index in [0.717, 1.165) is 22.4 Å². The molecule has 1 aromatic heterocycles. The molecule has 0 aliphatic rings. The van der Waals surface area contributed by atoms with Gasteiger partial charge in [0.1, 0.15) is 18.2 Å². The van der Waals surface area contributed by atoms with Crippen molar-refractivity contribution < 1.29 is 13.9 Å². The van der Waals surface area contributed by atoms with Gasteiger partial charge in [0, 0.05) is 5.56 Å². The number of ether oxygens (including phenoxy) is 1. The molecule has 0 fully saturated rings. The number of hydrogen-bond donors (Lipinski definition) is 1. The highest BCUT2D eigenvalue weighted by Crippen LogP contribution is 2.25. The number of nitrogens with one attached hydrogen (secondary N) is 1. The smallest absolute Gasteiger partial charge is 0.230 e. The molecule has 0 saturated carbocycles. The van der Waals surface area contributed by atoms with Crippen LogP contribution in [0.3, 0.4) is 0 Å². The van der Waals surface area contributed by atoms with Crippen molar-refractivity contribution in [2.24, 2.45) is 0 Å². The lowest BCUT2D eigenvalue weighted by Crippen LogP contribution is -2.29. The molecule has 1 heterocycles. The molecule has 4 rings (SSSR count). The summed E-state index contributed by atoms with van der Waals surface area (Å²) in [4.78, 5) is 12.4. The molecule has 6 nitrogen and oxygen atoms in total. The second-order valence-corrected chi connectivity index (χ2v) is 8.63. The molecule has 0 bridgehead atoms. The number of aromatic nitrogens is 3. The second-order valence-electron chi connectivity index (χ2n) is 7.69. The van der Waals surface area contributed by atoms with Crippen LogP contribution < -0.4 is 10.1 Å². The van der Waals surface area contributed by atoms with Crippen molar-refractivity contribution in [3.8, 4) is 17.1 Å². The van der Waals surface area contributed by atoms with Crippen LogP contribution >= 0.6 is 11.8 Å². The molecule has 3 aromatic carbocycles. The van der Waals surface area contributed by atoms with Gasteiger partial charge >= 0.3 is 0 Å². The summed E-state index contributed by atoms with van der Waals surface area (Å²) in [6.07, 6.45) is 0. The third-order valence-electron chi connectivity index (χ3n) is 5.02. The second kappa shape index (κ2) is 11.5. The van der Waals surface area contributed by atoms with Gasteiger partial charge in [-0.3, -0.25) is 9.36 Å². The number of halogens is 1. The number of benzene rings is 3. The number of aryl methyl sites for hydroxylation is 1. The van der Waals surface area contributed by atoms with Gasteiger partial charge in [-0.05, 0) is 54.4 Å². The molecule has 174 valence electrons. The normalized spacial score (nSPS) is 10.8. The van der Waals surface area contributed by atoms with Crippen LogP contribution in [0, 0.1) is 12.7 Å². The highest BCUT2D eigenvalue weighted by Gasteiger charge is 2.16. The van der Waals surface area contributed by atoms with Gasteiger partial charge < -0.3 is 10.1 Å². The van der Waals surface area contributed by atoms with Crippen LogP contribution in [0.1, 0.15) is 11.1 Å². The molecule has 0 radical (unpaired) electrons. The summed E-state index contributed by atoms with van der Waals surface area (Å²) in [6, 6.07) is 23.9. The van der Waals surface area contributed by atoms with E-state index in [1.165, 1.54) is 23.9 Å². The van der Waals surface area contributed by atoms with E-state index in [1.54, 1.807) is 12.1 Å². The highest BCUT2D eigenvalue weighted by atomic mass is 32.2. The molecule has 0 spiro atoms. The lowest BCUT2D eigenvalue weighted by atomic mass is 10.2. The number of rotatable bonds is 10. The monoisotopic (exact) mass is 476 g/mol. The largest absolute Gasteiger partial charge is 0.492 e. The summed E-state index contributed by atoms with van der Waals surface area (Å²) < 4.78 is 21.0. The van der Waals surface area contributed by atoms with Crippen molar-refractivity contribution in [1.82, 2.24) is 20.1 Å². The average Bonchev–Trinajstić information content (AvgIpc) is 3.24. The minimum atomic E-state index is -0.310. The summed E-state index contributed by atoms with van der Waals surface area (Å²) in [7, 11) is 0. The van der Waals surface area contributed by atoms with Gasteiger partial charge in [-0.15, -0.1) is 10.2 Å². The van der Waals surface area contributed by atoms with Gasteiger partial charge in [0.15, 0.2) is 11.0 Å². The molecule has 0 unspecified atom stereocenters. The molecule has 0 atom stereocenters. The van der Waals surface area contributed by atoms with E-state index in [2.05, 4.69) is 15.5 Å². The molecule has 1 amide bonds. The highest BCUT2D eigenvalue weighted by molar-refractivity contribution is 7.99. The van der Waals surface area contributed by atoms with E-state index in [4.69, 9.17) is 4.74 Å². The molecular weight excluding hydrogens is 451 g/mol. The van der Waals surface area contributed by atoms with Crippen LogP contribution in [0.5, 0.6) is 5.75 Å². The molecule has 1 N–H and O–H groups in total. The van der Waals surface area contributed by atoms with Gasteiger partial charge in [-0.2, -0.15) is 0 Å². The number of carbonyl (C=O) groups is 1. The molecule has 34 heavy (non-hydrogen) atoms. The first-order valence-electron chi connectivity index (χ1n) is 10.9. The molecule has 0 saturated heterocycles. The average molecular weight is 477 g/mol. The number of carbonyl (C=O) groups excluding carboxylic acids is 1. The minimum Gasteiger partial charge on any atom is -0.492 e. The maximum absolute atomic E-state index is 13.4. The van der Waals surface area contributed by atoms with E-state index in [-0.39, 0.29) is 17.5 Å². The van der Waals surface area contributed by atoms with Crippen molar-refractivity contribution in [2.45, 2.75) is 18.6 Å². The van der Waals surface area contributed by atoms with Crippen molar-refractivity contribution >= 4 is 17.7 Å². The summed E-state index contributed by atoms with van der Waals surface area (Å²) in [5, 5.41) is 12.1. The number of thioether (sulfide) groups is 1. The van der Waals surface area contributed by atoms with Crippen LogP contribution in [0.15, 0.2) is 84.0 Å². The topological polar surface area (TPSA) is 69.0 Å². The summed E-state index contributed by atoms with van der Waals surface area (Å²) in [6.45, 7) is 3.34. The summed E-state index contributed by atoms with van der Waals surface area (Å²) in [5.41, 5.74) is 2.96. The van der Waals surface area contributed by atoms with Crippen LogP contribution in [0.25, 0.3) is 11.4 Å². The Morgan fingerprint density at radius 1 is 1.03 bits per heavy atom. The predicted octanol–water partition coefficient (Wildman–Crippen LogP) is 4.73. The fourth-order valence-electron chi connectivity index (χ4n) is 3.36. The first-order chi connectivity index (χ1) is 16.6. The number of hydrogen-bond acceptors (Lipinski definition) is 5. The van der Waals surface area contributed by atoms with Crippen LogP contribution in [0.4, 0.5) is 4.39 Å². The Morgan fingerprint density at radius 2 is 1.82 bits per heavy atom. The fraction of sp³-hybridized carbons (Fsp3) is 0.192. The van der Waals surface area contributed by atoms with Crippen molar-refractivity contribution in [1.29, 1.82) is 0 Å². The molecule has 0 aliphatic carbocycles. The van der Waals surface area contributed by atoms with Crippen molar-refractivity contribution in [2.75, 3.05) is 18.9 Å². The maximum atomic E-state index is 13.4. The van der Waals surface area contributed by atoms with Crippen molar-refractivity contribution in [3.63, 3.8) is 0 Å². The van der Waals surface area contributed by atoms with E-state index in [1.807, 2.05) is 66.1 Å². The van der Waals surface area contributed by atoms with E-state index in [9.17, 15) is 9.18 Å². The third-order valence-corrected chi connectivity index (χ3v) is 5.98. The Labute approximate surface area is 202 Å². The Balaban J connectivity index is 1.37. The van der Waals surface area contributed by atoms with Gasteiger partial charge in [0.2, 0.25) is 5.91 Å². The zero-order valence-corrected chi connectivity index (χ0v) is 19.6. The molecular formula is C26H25FN4O2S. The van der Waals surface area contributed by atoms with Crippen LogP contribution in [-0.2, 0) is 11.3 Å². The number of amides is 1. The molecule has 0 aliphatic heterocycles. The Kier molecular flexibility index (Phi) is 7.93. The zero-order valence-electron chi connectivity index (χ0n) is 18.8. The van der Waals surface area contributed by atoms with E-state index in [0.29, 0.717) is 30.7 Å². The van der Waals surface area contributed by atoms with Gasteiger partial charge in [0.05, 0.1) is 18.8 Å². The Morgan fingerprint density at radius 3 is 2.59 bits per heavy atom. The molecule has 4 aromatic rings. The standard InChI is InChI=1S/C26H25FN4O2S/c1-19-6-5-9-23(16-19)33-15-14-28-24(32)18-34-26-30-29-25(21-10-12-22(27)13-11-21)31(26)17-20-7-3-2-4-8-20/h2-13,16H,14-15,17-18H2,1H3,(H,28,32). The molecule has 8 heteroatoms. The fourth-order valence-corrected chi connectivity index (χ4v) is 4.13. The third kappa shape index (κ3) is 6.45. The van der Waals surface area contributed by atoms with Gasteiger partial charge in [-0.25, -0.2) is 4.39 Å². The minimum absolute atomic E-state index is 0.115. The number of nitrogens with zero attached hydrogens (tertiary/aromatic N) is 3. The summed E-state index contributed by atoms with van der Waals surface area (Å²) >= 11 is 1.31. The maximum Gasteiger partial charge on any atom is 0.230 e. The first-order valence-corrected chi connectivity index (χ1v) is 11.9. The quantitative estimate of drug-likeness (QED) is 0.265. The Bertz CT molecular complexity index is 1230. The Hall–Kier alpha value is -3.65. The van der Waals surface area contributed by atoms with Gasteiger partial charge in [-0.1, -0.05) is 54.2 Å². The predicted molar refractivity (Wildman–Crippen MR) is 131 cm³/mol. The lowest BCUT2D eigenvalue weighted by Gasteiger charge is -2.11. The van der Waals surface area contributed by atoms with E-state index < -0.39 is 0 Å². The summed E-state index contributed by atoms with van der Waals surface area (Å²) in [5.74, 6) is 1.18.